The molecular formula is C48H45N. The molecule has 1 aliphatic rings. The normalized spacial score (nSPS) is 12.5. The van der Waals surface area contributed by atoms with E-state index in [4.69, 9.17) is 0 Å². The molecule has 7 aromatic carbocycles. The summed E-state index contributed by atoms with van der Waals surface area (Å²) in [7, 11) is 0. The number of benzene rings is 7. The van der Waals surface area contributed by atoms with Gasteiger partial charge in [-0.1, -0.05) is 102 Å². The maximum absolute atomic E-state index is 2.42. The number of nitrogens with zero attached hydrogens (tertiary/aromatic N) is 1. The lowest BCUT2D eigenvalue weighted by atomic mass is 9.77. The van der Waals surface area contributed by atoms with Crippen LogP contribution in [0.25, 0.3) is 54.9 Å². The first-order chi connectivity index (χ1) is 23.3. The highest BCUT2D eigenvalue weighted by Crippen LogP contribution is 2.51. The van der Waals surface area contributed by atoms with Crippen molar-refractivity contribution in [2.75, 3.05) is 4.90 Å². The van der Waals surface area contributed by atoms with Crippen LogP contribution in [0.5, 0.6) is 0 Å². The molecule has 0 fully saturated rings. The van der Waals surface area contributed by atoms with Gasteiger partial charge in [-0.25, -0.2) is 0 Å². The fourth-order valence-corrected chi connectivity index (χ4v) is 7.53. The van der Waals surface area contributed by atoms with Crippen molar-refractivity contribution in [3.05, 3.63) is 150 Å². The first kappa shape index (κ1) is 31.1. The van der Waals surface area contributed by atoms with Gasteiger partial charge in [0.15, 0.2) is 0 Å². The molecule has 1 nitrogen and oxygen atoms in total. The molecule has 0 radical (unpaired) electrons. The predicted octanol–water partition coefficient (Wildman–Crippen LogP) is 14.0. The molecule has 0 aliphatic heterocycles. The van der Waals surface area contributed by atoms with Crippen LogP contribution in [-0.2, 0) is 10.8 Å². The Labute approximate surface area is 291 Å². The van der Waals surface area contributed by atoms with Gasteiger partial charge in [0.1, 0.15) is 0 Å². The number of rotatable bonds is 4. The van der Waals surface area contributed by atoms with Gasteiger partial charge in [0.25, 0.3) is 0 Å². The molecule has 7 aromatic rings. The summed E-state index contributed by atoms with van der Waals surface area (Å²) in [4.78, 5) is 2.42. The highest BCUT2D eigenvalue weighted by molar-refractivity contribution is 6.12. The van der Waals surface area contributed by atoms with E-state index in [0.717, 1.165) is 0 Å². The number of fused-ring (bicyclic) bond motifs is 6. The van der Waals surface area contributed by atoms with Crippen molar-refractivity contribution >= 4 is 38.6 Å². The van der Waals surface area contributed by atoms with Gasteiger partial charge < -0.3 is 4.90 Å². The van der Waals surface area contributed by atoms with Crippen LogP contribution < -0.4 is 4.90 Å². The fourth-order valence-electron chi connectivity index (χ4n) is 7.53. The van der Waals surface area contributed by atoms with E-state index in [-0.39, 0.29) is 10.8 Å². The molecule has 0 spiro atoms. The van der Waals surface area contributed by atoms with E-state index in [9.17, 15) is 0 Å². The number of aryl methyl sites for hydroxylation is 2. The van der Waals surface area contributed by atoms with Crippen LogP contribution in [0.1, 0.15) is 63.8 Å². The first-order valence-electron chi connectivity index (χ1n) is 17.6. The largest absolute Gasteiger partial charge is 0.310 e. The molecule has 0 unspecified atom stereocenters. The van der Waals surface area contributed by atoms with Crippen molar-refractivity contribution in [1.29, 1.82) is 0 Å². The maximum Gasteiger partial charge on any atom is 0.0468 e. The number of hydrogen-bond acceptors (Lipinski definition) is 1. The van der Waals surface area contributed by atoms with Crippen LogP contribution in [0.3, 0.4) is 0 Å². The van der Waals surface area contributed by atoms with E-state index < -0.39 is 0 Å². The van der Waals surface area contributed by atoms with Gasteiger partial charge in [-0.3, -0.25) is 0 Å². The third-order valence-corrected chi connectivity index (χ3v) is 10.3. The Kier molecular flexibility index (Phi) is 7.12. The number of hydrogen-bond donors (Lipinski definition) is 0. The van der Waals surface area contributed by atoms with Gasteiger partial charge >= 0.3 is 0 Å². The molecule has 0 saturated carbocycles. The van der Waals surface area contributed by atoms with Gasteiger partial charge in [-0.2, -0.15) is 0 Å². The van der Waals surface area contributed by atoms with E-state index in [1.54, 1.807) is 0 Å². The molecule has 8 rings (SSSR count). The second-order valence-corrected chi connectivity index (χ2v) is 16.2. The van der Waals surface area contributed by atoms with E-state index in [2.05, 4.69) is 188 Å². The Morgan fingerprint density at radius 3 is 1.47 bits per heavy atom. The molecule has 1 aliphatic carbocycles. The number of anilines is 3. The maximum atomic E-state index is 2.42. The van der Waals surface area contributed by atoms with Gasteiger partial charge in [-0.05, 0) is 169 Å². The topological polar surface area (TPSA) is 3.24 Å². The summed E-state index contributed by atoms with van der Waals surface area (Å²) in [5.41, 5.74) is 16.9. The van der Waals surface area contributed by atoms with Gasteiger partial charge in [-0.15, -0.1) is 0 Å². The van der Waals surface area contributed by atoms with E-state index in [1.807, 2.05) is 0 Å². The lowest BCUT2D eigenvalue weighted by molar-refractivity contribution is 0.590. The van der Waals surface area contributed by atoms with Crippen LogP contribution in [0.2, 0.25) is 0 Å². The van der Waals surface area contributed by atoms with Crippen molar-refractivity contribution in [2.45, 2.75) is 66.2 Å². The van der Waals surface area contributed by atoms with Gasteiger partial charge in [0.05, 0.1) is 0 Å². The molecule has 49 heavy (non-hydrogen) atoms. The van der Waals surface area contributed by atoms with Crippen molar-refractivity contribution in [3.8, 4) is 33.4 Å². The molecule has 0 N–H and O–H groups in total. The van der Waals surface area contributed by atoms with Crippen molar-refractivity contribution in [3.63, 3.8) is 0 Å². The van der Waals surface area contributed by atoms with Crippen LogP contribution in [0.15, 0.2) is 127 Å². The summed E-state index contributed by atoms with van der Waals surface area (Å²) in [6.07, 6.45) is 0. The van der Waals surface area contributed by atoms with Crippen molar-refractivity contribution < 1.29 is 0 Å². The SMILES string of the molecule is Cc1cc(C)cc(N(c2cccc(C(C)(C)C)c2)c2ccc3cc4c(cc3c2)-c2cc3ccc(-c5ccc(C(C)(C)C)cc5)cc3cc2-4)c1. The lowest BCUT2D eigenvalue weighted by Gasteiger charge is -2.29. The Hall–Kier alpha value is -5.14. The minimum absolute atomic E-state index is 0.0622. The lowest BCUT2D eigenvalue weighted by Crippen LogP contribution is -2.14. The van der Waals surface area contributed by atoms with E-state index in [1.165, 1.54) is 94.2 Å². The molecule has 242 valence electrons. The minimum atomic E-state index is 0.0622. The van der Waals surface area contributed by atoms with Crippen LogP contribution >= 0.6 is 0 Å². The van der Waals surface area contributed by atoms with E-state index >= 15 is 0 Å². The quantitative estimate of drug-likeness (QED) is 0.186. The van der Waals surface area contributed by atoms with Crippen molar-refractivity contribution in [1.82, 2.24) is 0 Å². The Balaban J connectivity index is 1.18. The Morgan fingerprint density at radius 2 is 0.878 bits per heavy atom. The van der Waals surface area contributed by atoms with Crippen LogP contribution in [0, 0.1) is 13.8 Å². The molecule has 1 heteroatoms. The second-order valence-electron chi connectivity index (χ2n) is 16.2. The molecular weight excluding hydrogens is 591 g/mol. The first-order valence-corrected chi connectivity index (χ1v) is 17.6. The molecule has 0 amide bonds. The zero-order valence-corrected chi connectivity index (χ0v) is 30.1. The third kappa shape index (κ3) is 5.62. The third-order valence-electron chi connectivity index (χ3n) is 10.3. The highest BCUT2D eigenvalue weighted by atomic mass is 15.1. The minimum Gasteiger partial charge on any atom is -0.310 e. The summed E-state index contributed by atoms with van der Waals surface area (Å²) in [5.74, 6) is 0. The smallest absolute Gasteiger partial charge is 0.0468 e. The second kappa shape index (κ2) is 11.2. The van der Waals surface area contributed by atoms with E-state index in [0.29, 0.717) is 0 Å². The summed E-state index contributed by atoms with van der Waals surface area (Å²) < 4.78 is 0. The average molecular weight is 636 g/mol. The summed E-state index contributed by atoms with van der Waals surface area (Å²) >= 11 is 0. The average Bonchev–Trinajstić information content (AvgIpc) is 3.06. The highest BCUT2D eigenvalue weighted by Gasteiger charge is 2.25. The monoisotopic (exact) mass is 635 g/mol. The molecule has 0 aromatic heterocycles. The standard InChI is InChI=1S/C48H45N/c1-30-20-31(2)22-42(21-30)49(40-11-9-10-39(29-40)48(6,7)8)41-19-16-35-26-44-45-27-36-23-33(32-14-17-38(18-15-32)47(3,4)5)12-13-34(36)25-43(45)46(44)28-37(35)24-41/h9-29H,1-8H3. The Bertz CT molecular complexity index is 2390. The predicted molar refractivity (Wildman–Crippen MR) is 213 cm³/mol. The fraction of sp³-hybridized carbons (Fsp3) is 0.208. The zero-order chi connectivity index (χ0) is 34.2. The summed E-state index contributed by atoms with van der Waals surface area (Å²) in [6, 6.07) is 48.4. The summed E-state index contributed by atoms with van der Waals surface area (Å²) in [5, 5.41) is 5.11. The molecule has 0 atom stereocenters. The van der Waals surface area contributed by atoms with Gasteiger partial charge in [0, 0.05) is 17.1 Å². The molecule has 0 heterocycles. The molecule has 0 bridgehead atoms. The molecule has 0 saturated heterocycles. The zero-order valence-electron chi connectivity index (χ0n) is 30.1. The summed E-state index contributed by atoms with van der Waals surface area (Å²) in [6.45, 7) is 18.0. The van der Waals surface area contributed by atoms with Crippen LogP contribution in [0.4, 0.5) is 17.1 Å². The van der Waals surface area contributed by atoms with Crippen LogP contribution in [-0.4, -0.2) is 0 Å². The Morgan fingerprint density at radius 1 is 0.367 bits per heavy atom. The van der Waals surface area contributed by atoms with Gasteiger partial charge in [0.2, 0.25) is 0 Å². The van der Waals surface area contributed by atoms with Crippen molar-refractivity contribution in [2.24, 2.45) is 0 Å².